The first-order valence-corrected chi connectivity index (χ1v) is 10.4. The predicted molar refractivity (Wildman–Crippen MR) is 114 cm³/mol. The number of ether oxygens (including phenoxy) is 1. The number of hydrogen-bond acceptors (Lipinski definition) is 5. The smallest absolute Gasteiger partial charge is 0.290 e. The van der Waals surface area contributed by atoms with Gasteiger partial charge >= 0.3 is 0 Å². The third-order valence-electron chi connectivity index (χ3n) is 5.51. The Morgan fingerprint density at radius 3 is 2.83 bits per heavy atom. The van der Waals surface area contributed by atoms with Gasteiger partial charge in [-0.25, -0.2) is 0 Å². The summed E-state index contributed by atoms with van der Waals surface area (Å²) in [6, 6.07) is 19.9. The number of methoxy groups -OCH3 is 1. The largest absolute Gasteiger partial charge is 0.497 e. The van der Waals surface area contributed by atoms with Crippen molar-refractivity contribution in [2.75, 3.05) is 20.2 Å². The van der Waals surface area contributed by atoms with E-state index in [-0.39, 0.29) is 17.6 Å². The van der Waals surface area contributed by atoms with E-state index in [4.69, 9.17) is 9.26 Å². The highest BCUT2D eigenvalue weighted by molar-refractivity contribution is 5.91. The van der Waals surface area contributed by atoms with Gasteiger partial charge in [0.25, 0.3) is 5.91 Å². The second-order valence-corrected chi connectivity index (χ2v) is 7.71. The van der Waals surface area contributed by atoms with Crippen molar-refractivity contribution in [2.24, 2.45) is 0 Å². The Morgan fingerprint density at radius 1 is 1.17 bits per heavy atom. The van der Waals surface area contributed by atoms with Crippen molar-refractivity contribution in [3.05, 3.63) is 83.2 Å². The summed E-state index contributed by atoms with van der Waals surface area (Å²) >= 11 is 0. The second kappa shape index (κ2) is 9.59. The average molecular weight is 405 g/mol. The molecule has 0 bridgehead atoms. The maximum atomic E-state index is 12.5. The Bertz CT molecular complexity index is 971. The molecule has 0 radical (unpaired) electrons. The Kier molecular flexibility index (Phi) is 6.44. The first-order valence-electron chi connectivity index (χ1n) is 10.4. The van der Waals surface area contributed by atoms with E-state index in [1.54, 1.807) is 13.2 Å². The minimum Gasteiger partial charge on any atom is -0.497 e. The standard InChI is InChI=1S/C24H27N3O3/c1-29-21-11-5-9-19(13-21)15-25-24(28)23-14-22(26-30-23)20-10-6-12-27(17-20)16-18-7-3-2-4-8-18/h2-5,7-9,11,13-14,20H,6,10,12,15-17H2,1H3,(H,25,28). The highest BCUT2D eigenvalue weighted by Crippen LogP contribution is 2.27. The number of likely N-dealkylation sites (tertiary alicyclic amines) is 1. The van der Waals surface area contributed by atoms with Crippen LogP contribution >= 0.6 is 0 Å². The molecule has 156 valence electrons. The van der Waals surface area contributed by atoms with Gasteiger partial charge in [0, 0.05) is 31.6 Å². The zero-order chi connectivity index (χ0) is 20.8. The van der Waals surface area contributed by atoms with Crippen molar-refractivity contribution in [1.82, 2.24) is 15.4 Å². The van der Waals surface area contributed by atoms with Crippen LogP contribution in [0.4, 0.5) is 0 Å². The van der Waals surface area contributed by atoms with Crippen LogP contribution in [-0.4, -0.2) is 36.2 Å². The fourth-order valence-corrected chi connectivity index (χ4v) is 3.92. The highest BCUT2D eigenvalue weighted by atomic mass is 16.5. The SMILES string of the molecule is COc1cccc(CNC(=O)c2cc(C3CCCN(Cc4ccccc4)C3)no2)c1. The van der Waals surface area contributed by atoms with E-state index in [0.717, 1.165) is 49.5 Å². The summed E-state index contributed by atoms with van der Waals surface area (Å²) in [4.78, 5) is 14.9. The number of rotatable bonds is 7. The summed E-state index contributed by atoms with van der Waals surface area (Å²) in [6.45, 7) is 3.34. The van der Waals surface area contributed by atoms with Crippen molar-refractivity contribution in [3.8, 4) is 5.75 Å². The van der Waals surface area contributed by atoms with Gasteiger partial charge in [0.2, 0.25) is 5.76 Å². The number of aromatic nitrogens is 1. The summed E-state index contributed by atoms with van der Waals surface area (Å²) in [5.74, 6) is 1.05. The van der Waals surface area contributed by atoms with Crippen molar-refractivity contribution < 1.29 is 14.1 Å². The van der Waals surface area contributed by atoms with Crippen molar-refractivity contribution in [3.63, 3.8) is 0 Å². The van der Waals surface area contributed by atoms with Crippen molar-refractivity contribution >= 4 is 5.91 Å². The van der Waals surface area contributed by atoms with Gasteiger partial charge in [0.15, 0.2) is 0 Å². The summed E-state index contributed by atoms with van der Waals surface area (Å²) in [5, 5.41) is 7.09. The molecule has 0 spiro atoms. The van der Waals surface area contributed by atoms with Crippen LogP contribution in [0.5, 0.6) is 5.75 Å². The first kappa shape index (κ1) is 20.2. The monoisotopic (exact) mass is 405 g/mol. The van der Waals surface area contributed by atoms with Gasteiger partial charge in [-0.15, -0.1) is 0 Å². The lowest BCUT2D eigenvalue weighted by molar-refractivity contribution is 0.0913. The molecule has 1 atom stereocenters. The molecule has 1 amide bonds. The molecule has 1 aromatic heterocycles. The van der Waals surface area contributed by atoms with Crippen molar-refractivity contribution in [1.29, 1.82) is 0 Å². The second-order valence-electron chi connectivity index (χ2n) is 7.71. The van der Waals surface area contributed by atoms with Crippen LogP contribution in [0.3, 0.4) is 0 Å². The molecular formula is C24H27N3O3. The molecule has 0 saturated carbocycles. The minimum atomic E-state index is -0.256. The van der Waals surface area contributed by atoms with Crippen LogP contribution in [0.25, 0.3) is 0 Å². The molecule has 1 fully saturated rings. The maximum Gasteiger partial charge on any atom is 0.290 e. The number of carbonyl (C=O) groups excluding carboxylic acids is 1. The molecule has 2 aromatic carbocycles. The minimum absolute atomic E-state index is 0.256. The van der Waals surface area contributed by atoms with E-state index >= 15 is 0 Å². The van der Waals surface area contributed by atoms with Crippen LogP contribution in [0, 0.1) is 0 Å². The summed E-state index contributed by atoms with van der Waals surface area (Å²) < 4.78 is 10.6. The molecule has 6 nitrogen and oxygen atoms in total. The molecule has 0 aliphatic carbocycles. The Hall–Kier alpha value is -3.12. The first-order chi connectivity index (χ1) is 14.7. The number of amides is 1. The normalized spacial score (nSPS) is 16.9. The lowest BCUT2D eigenvalue weighted by Gasteiger charge is -2.31. The molecule has 6 heteroatoms. The molecular weight excluding hydrogens is 378 g/mol. The van der Waals surface area contributed by atoms with Crippen LogP contribution in [0.2, 0.25) is 0 Å². The highest BCUT2D eigenvalue weighted by Gasteiger charge is 2.25. The van der Waals surface area contributed by atoms with Gasteiger partial charge < -0.3 is 14.6 Å². The third-order valence-corrected chi connectivity index (χ3v) is 5.51. The molecule has 3 aromatic rings. The third kappa shape index (κ3) is 5.07. The van der Waals surface area contributed by atoms with Gasteiger partial charge in [0.1, 0.15) is 5.75 Å². The maximum absolute atomic E-state index is 12.5. The quantitative estimate of drug-likeness (QED) is 0.644. The average Bonchev–Trinajstić information content (AvgIpc) is 3.29. The van der Waals surface area contributed by atoms with E-state index in [9.17, 15) is 4.79 Å². The van der Waals surface area contributed by atoms with Crippen LogP contribution < -0.4 is 10.1 Å². The lowest BCUT2D eigenvalue weighted by Crippen LogP contribution is -2.34. The molecule has 1 N–H and O–H groups in total. The number of hydrogen-bond donors (Lipinski definition) is 1. The molecule has 1 saturated heterocycles. The van der Waals surface area contributed by atoms with Crippen LogP contribution in [0.15, 0.2) is 65.2 Å². The summed E-state index contributed by atoms with van der Waals surface area (Å²) in [7, 11) is 1.62. The predicted octanol–water partition coefficient (Wildman–Crippen LogP) is 3.99. The molecule has 2 heterocycles. The molecule has 4 rings (SSSR count). The van der Waals surface area contributed by atoms with Crippen LogP contribution in [0.1, 0.15) is 46.1 Å². The van der Waals surface area contributed by atoms with Gasteiger partial charge in [0.05, 0.1) is 12.8 Å². The van der Waals surface area contributed by atoms with E-state index in [1.165, 1.54) is 5.56 Å². The van der Waals surface area contributed by atoms with Crippen molar-refractivity contribution in [2.45, 2.75) is 31.8 Å². The molecule has 30 heavy (non-hydrogen) atoms. The van der Waals surface area contributed by atoms with Gasteiger partial charge in [-0.05, 0) is 42.6 Å². The van der Waals surface area contributed by atoms with Gasteiger partial charge in [-0.2, -0.15) is 0 Å². The number of carbonyl (C=O) groups is 1. The molecule has 1 aliphatic heterocycles. The van der Waals surface area contributed by atoms with E-state index < -0.39 is 0 Å². The number of nitrogens with one attached hydrogen (secondary N) is 1. The number of benzene rings is 2. The van der Waals surface area contributed by atoms with Crippen LogP contribution in [-0.2, 0) is 13.1 Å². The summed E-state index contributed by atoms with van der Waals surface area (Å²) in [6.07, 6.45) is 2.17. The zero-order valence-corrected chi connectivity index (χ0v) is 17.2. The fourth-order valence-electron chi connectivity index (χ4n) is 3.92. The van der Waals surface area contributed by atoms with Gasteiger partial charge in [-0.1, -0.05) is 47.6 Å². The topological polar surface area (TPSA) is 67.6 Å². The lowest BCUT2D eigenvalue weighted by atomic mass is 9.94. The van der Waals surface area contributed by atoms with E-state index in [0.29, 0.717) is 6.54 Å². The Labute approximate surface area is 176 Å². The van der Waals surface area contributed by atoms with E-state index in [1.807, 2.05) is 30.3 Å². The summed E-state index contributed by atoms with van der Waals surface area (Å²) in [5.41, 5.74) is 3.14. The van der Waals surface area contributed by atoms with Gasteiger partial charge in [-0.3, -0.25) is 9.69 Å². The Balaban J connectivity index is 1.34. The van der Waals surface area contributed by atoms with E-state index in [2.05, 4.69) is 39.6 Å². The number of nitrogens with zero attached hydrogens (tertiary/aromatic N) is 2. The zero-order valence-electron chi connectivity index (χ0n) is 17.2. The Morgan fingerprint density at radius 2 is 2.00 bits per heavy atom. The fraction of sp³-hybridized carbons (Fsp3) is 0.333. The number of piperidine rings is 1. The molecule has 1 unspecified atom stereocenters. The molecule has 1 aliphatic rings.